The van der Waals surface area contributed by atoms with E-state index in [-0.39, 0.29) is 11.3 Å². The summed E-state index contributed by atoms with van der Waals surface area (Å²) in [6, 6.07) is 12.2. The van der Waals surface area contributed by atoms with Gasteiger partial charge in [0.1, 0.15) is 5.84 Å². The molecule has 9 atom stereocenters. The number of carbonyl (C=O) groups excluding carboxylic acids is 1. The fraction of sp³-hybridized carbons (Fsp3) is 0.514. The third-order valence-electron chi connectivity index (χ3n) is 13.2. The van der Waals surface area contributed by atoms with Crippen molar-refractivity contribution in [2.45, 2.75) is 52.0 Å². The Hall–Kier alpha value is -3.16. The van der Waals surface area contributed by atoms with Crippen molar-refractivity contribution in [3.63, 3.8) is 0 Å². The number of amidine groups is 1. The van der Waals surface area contributed by atoms with E-state index in [1.807, 2.05) is 55.4 Å². The Kier molecular flexibility index (Phi) is 6.39. The summed E-state index contributed by atoms with van der Waals surface area (Å²) in [5, 5.41) is 16.3. The van der Waals surface area contributed by atoms with Crippen LogP contribution in [-0.2, 0) is 0 Å². The molecule has 230 valence electrons. The van der Waals surface area contributed by atoms with Gasteiger partial charge in [-0.05, 0) is 134 Å². The number of amides is 1. The van der Waals surface area contributed by atoms with Gasteiger partial charge >= 0.3 is 0 Å². The van der Waals surface area contributed by atoms with Gasteiger partial charge in [0.15, 0.2) is 0 Å². The molecule has 4 bridgehead atoms. The molecule has 0 radical (unpaired) electrons. The van der Waals surface area contributed by atoms with Gasteiger partial charge in [-0.2, -0.15) is 0 Å². The highest BCUT2D eigenvalue weighted by molar-refractivity contribution is 7.16. The molecular formula is C37H45N5OS. The van der Waals surface area contributed by atoms with E-state index in [4.69, 9.17) is 0 Å². The second kappa shape index (κ2) is 9.92. The lowest BCUT2D eigenvalue weighted by molar-refractivity contribution is -0.258. The molecule has 5 saturated carbocycles. The molecule has 6 nitrogen and oxygen atoms in total. The summed E-state index contributed by atoms with van der Waals surface area (Å²) in [5.41, 5.74) is 5.30. The highest BCUT2D eigenvalue weighted by Gasteiger charge is 2.79. The lowest BCUT2D eigenvalue weighted by atomic mass is 9.28. The minimum atomic E-state index is -0.136. The van der Waals surface area contributed by atoms with Gasteiger partial charge in [0.05, 0.1) is 9.75 Å². The first-order valence-electron chi connectivity index (χ1n) is 16.5. The summed E-state index contributed by atoms with van der Waals surface area (Å²) in [5.74, 6) is 4.62. The number of nitrogens with one attached hydrogen (secondary N) is 3. The molecule has 8 rings (SSSR count). The topological polar surface area (TPSA) is 71.5 Å². The van der Waals surface area contributed by atoms with Crippen LogP contribution in [0.1, 0.15) is 60.5 Å². The zero-order valence-electron chi connectivity index (χ0n) is 26.6. The van der Waals surface area contributed by atoms with Crippen LogP contribution in [0.5, 0.6) is 0 Å². The SMILES string of the molecule is CNC1CC2CC3CCC4CC5/C(=C6/C=CC=CN6C(=N)c6ccc(C(=O)Nc7ccc(N(C)C)cc7)s6)C4(C)C32C(C)C15. The summed E-state index contributed by atoms with van der Waals surface area (Å²) >= 11 is 1.40. The van der Waals surface area contributed by atoms with E-state index in [1.54, 1.807) is 5.57 Å². The Morgan fingerprint density at radius 2 is 1.75 bits per heavy atom. The number of hydrogen-bond donors (Lipinski definition) is 3. The number of anilines is 2. The first-order chi connectivity index (χ1) is 21.2. The molecule has 1 spiro atoms. The maximum Gasteiger partial charge on any atom is 0.265 e. The Bertz CT molecular complexity index is 1620. The summed E-state index contributed by atoms with van der Waals surface area (Å²) in [4.78, 5) is 18.8. The van der Waals surface area contributed by atoms with Crippen LogP contribution in [0.3, 0.4) is 0 Å². The molecule has 1 aromatic heterocycles. The first-order valence-corrected chi connectivity index (χ1v) is 17.3. The van der Waals surface area contributed by atoms with Crippen LogP contribution in [0.15, 0.2) is 72.1 Å². The zero-order chi connectivity index (χ0) is 30.5. The van der Waals surface area contributed by atoms with E-state index in [1.165, 1.54) is 49.1 Å². The maximum absolute atomic E-state index is 13.2. The zero-order valence-corrected chi connectivity index (χ0v) is 27.4. The number of benzene rings is 1. The molecule has 5 aliphatic carbocycles. The van der Waals surface area contributed by atoms with E-state index in [9.17, 15) is 10.2 Å². The van der Waals surface area contributed by atoms with Gasteiger partial charge < -0.3 is 20.4 Å². The van der Waals surface area contributed by atoms with Gasteiger partial charge in [-0.3, -0.25) is 10.2 Å². The van der Waals surface area contributed by atoms with Gasteiger partial charge in [-0.15, -0.1) is 11.3 Å². The lowest BCUT2D eigenvalue weighted by Gasteiger charge is -2.77. The summed E-state index contributed by atoms with van der Waals surface area (Å²) in [7, 11) is 6.19. The molecular weight excluding hydrogens is 563 g/mol. The molecule has 1 aliphatic heterocycles. The molecule has 0 saturated heterocycles. The third-order valence-corrected chi connectivity index (χ3v) is 14.3. The Balaban J connectivity index is 1.13. The maximum atomic E-state index is 13.2. The van der Waals surface area contributed by atoms with Crippen molar-refractivity contribution < 1.29 is 4.79 Å². The Morgan fingerprint density at radius 1 is 1.00 bits per heavy atom. The quantitative estimate of drug-likeness (QED) is 0.246. The molecule has 7 heteroatoms. The fourth-order valence-corrected chi connectivity index (χ4v) is 12.6. The van der Waals surface area contributed by atoms with Gasteiger partial charge in [0, 0.05) is 48.8 Å². The highest BCUT2D eigenvalue weighted by atomic mass is 32.1. The molecule has 2 heterocycles. The minimum Gasteiger partial charge on any atom is -0.378 e. The molecule has 9 unspecified atom stereocenters. The van der Waals surface area contributed by atoms with Crippen LogP contribution in [0.2, 0.25) is 0 Å². The van der Waals surface area contributed by atoms with Crippen molar-refractivity contribution in [2.75, 3.05) is 31.4 Å². The van der Waals surface area contributed by atoms with Gasteiger partial charge in [-0.1, -0.05) is 19.9 Å². The van der Waals surface area contributed by atoms with Crippen molar-refractivity contribution in [1.82, 2.24) is 10.2 Å². The monoisotopic (exact) mass is 607 g/mol. The molecule has 6 aliphatic rings. The van der Waals surface area contributed by atoms with E-state index in [2.05, 4.69) is 60.9 Å². The number of thiophene rings is 1. The highest BCUT2D eigenvalue weighted by Crippen LogP contribution is 2.85. The van der Waals surface area contributed by atoms with Crippen molar-refractivity contribution >= 4 is 34.5 Å². The van der Waals surface area contributed by atoms with Crippen LogP contribution in [0.4, 0.5) is 11.4 Å². The lowest BCUT2D eigenvalue weighted by Crippen LogP contribution is -2.73. The van der Waals surface area contributed by atoms with Gasteiger partial charge in [0.25, 0.3) is 5.91 Å². The van der Waals surface area contributed by atoms with Crippen LogP contribution in [0.25, 0.3) is 0 Å². The third kappa shape index (κ3) is 3.57. The molecule has 1 aromatic carbocycles. The fourth-order valence-electron chi connectivity index (χ4n) is 11.8. The minimum absolute atomic E-state index is 0.136. The average molecular weight is 608 g/mol. The molecule has 2 aromatic rings. The number of allylic oxidation sites excluding steroid dienone is 4. The number of nitrogens with zero attached hydrogens (tertiary/aromatic N) is 2. The van der Waals surface area contributed by atoms with Crippen LogP contribution in [-0.4, -0.2) is 43.8 Å². The smallest absolute Gasteiger partial charge is 0.265 e. The normalized spacial score (nSPS) is 39.2. The summed E-state index contributed by atoms with van der Waals surface area (Å²) < 4.78 is 0. The van der Waals surface area contributed by atoms with Crippen molar-refractivity contribution in [3.05, 3.63) is 81.9 Å². The van der Waals surface area contributed by atoms with E-state index in [0.29, 0.717) is 34.0 Å². The van der Waals surface area contributed by atoms with Crippen molar-refractivity contribution in [1.29, 1.82) is 5.41 Å². The largest absolute Gasteiger partial charge is 0.378 e. The molecule has 3 N–H and O–H groups in total. The second-order valence-electron chi connectivity index (χ2n) is 14.7. The van der Waals surface area contributed by atoms with Gasteiger partial charge in [-0.25, -0.2) is 0 Å². The standard InChI is InChI=1S/C37H45N5OS/c1-21-32-27-19-22-9-10-23-18-24(20-28(32)39-3)37(21,23)36(22,2)33(27)29-8-6-7-17-42(29)34(38)30-15-16-31(44-30)35(43)40-25-11-13-26(14-12-25)41(4)5/h6-8,11-17,21-24,27-28,32,38-39H,9-10,18-20H2,1-5H3,(H,40,43)/b33-29+,38-34?. The Morgan fingerprint density at radius 3 is 2.50 bits per heavy atom. The number of hydrogen-bond acceptors (Lipinski definition) is 5. The van der Waals surface area contributed by atoms with Crippen LogP contribution >= 0.6 is 11.3 Å². The summed E-state index contributed by atoms with van der Waals surface area (Å²) in [6.07, 6.45) is 15.4. The van der Waals surface area contributed by atoms with E-state index >= 15 is 0 Å². The van der Waals surface area contributed by atoms with Crippen LogP contribution in [0, 0.1) is 51.7 Å². The van der Waals surface area contributed by atoms with Crippen molar-refractivity contribution in [2.24, 2.45) is 46.3 Å². The predicted molar refractivity (Wildman–Crippen MR) is 180 cm³/mol. The number of fused-ring (bicyclic) bond motifs is 3. The van der Waals surface area contributed by atoms with Gasteiger partial charge in [0.2, 0.25) is 0 Å². The number of carbonyl (C=O) groups is 1. The van der Waals surface area contributed by atoms with E-state index < -0.39 is 0 Å². The second-order valence-corrected chi connectivity index (χ2v) is 15.7. The van der Waals surface area contributed by atoms with Crippen LogP contribution < -0.4 is 15.5 Å². The van der Waals surface area contributed by atoms with E-state index in [0.717, 1.165) is 39.9 Å². The molecule has 1 amide bonds. The predicted octanol–water partition coefficient (Wildman–Crippen LogP) is 7.35. The number of rotatable bonds is 5. The van der Waals surface area contributed by atoms with Crippen molar-refractivity contribution in [3.8, 4) is 0 Å². The first kappa shape index (κ1) is 28.3. The Labute approximate surface area is 265 Å². The molecule has 5 fully saturated rings. The molecule has 44 heavy (non-hydrogen) atoms. The summed E-state index contributed by atoms with van der Waals surface area (Å²) in [6.45, 7) is 5.26. The average Bonchev–Trinajstić information content (AvgIpc) is 3.59.